The highest BCUT2D eigenvalue weighted by Gasteiger charge is 2.48. The van der Waals surface area contributed by atoms with Crippen molar-refractivity contribution in [3.05, 3.63) is 48.0 Å². The molecule has 3 heterocycles. The number of benzene rings is 2. The van der Waals surface area contributed by atoms with Gasteiger partial charge in [0.2, 0.25) is 5.91 Å². The average molecular weight is 350 g/mol. The molecule has 2 fully saturated rings. The van der Waals surface area contributed by atoms with Gasteiger partial charge in [0.25, 0.3) is 0 Å². The second-order valence-corrected chi connectivity index (χ2v) is 8.36. The molecule has 2 saturated heterocycles. The van der Waals surface area contributed by atoms with Gasteiger partial charge in [0.1, 0.15) is 5.54 Å². The minimum atomic E-state index is -0.267. The summed E-state index contributed by atoms with van der Waals surface area (Å²) in [6, 6.07) is 15.3. The molecule has 1 amide bonds. The summed E-state index contributed by atoms with van der Waals surface area (Å²) in [6.45, 7) is 2.73. The number of fused-ring (bicyclic) bond motifs is 3. The Morgan fingerprint density at radius 2 is 1.88 bits per heavy atom. The minimum Gasteiger partial charge on any atom is -0.354 e. The number of likely N-dealkylation sites (tertiary alicyclic amines) is 1. The first-order valence-electron chi connectivity index (χ1n) is 9.20. The maximum absolute atomic E-state index is 12.7. The van der Waals surface area contributed by atoms with Crippen molar-refractivity contribution in [2.45, 2.75) is 37.8 Å². The highest BCUT2D eigenvalue weighted by molar-refractivity contribution is 7.26. The van der Waals surface area contributed by atoms with Crippen molar-refractivity contribution in [2.75, 3.05) is 13.1 Å². The third-order valence-electron chi connectivity index (χ3n) is 5.95. The summed E-state index contributed by atoms with van der Waals surface area (Å²) < 4.78 is 2.72. The Morgan fingerprint density at radius 1 is 1.04 bits per heavy atom. The number of thiophene rings is 1. The van der Waals surface area contributed by atoms with Gasteiger partial charge >= 0.3 is 0 Å². The topological polar surface area (TPSA) is 32.3 Å². The van der Waals surface area contributed by atoms with Crippen molar-refractivity contribution in [3.8, 4) is 0 Å². The summed E-state index contributed by atoms with van der Waals surface area (Å²) in [4.78, 5) is 15.1. The fourth-order valence-electron chi connectivity index (χ4n) is 4.70. The lowest BCUT2D eigenvalue weighted by Crippen LogP contribution is -2.58. The largest absolute Gasteiger partial charge is 0.354 e. The van der Waals surface area contributed by atoms with Crippen molar-refractivity contribution in [3.63, 3.8) is 0 Å². The highest BCUT2D eigenvalue weighted by Crippen LogP contribution is 2.40. The van der Waals surface area contributed by atoms with Crippen LogP contribution in [0.15, 0.2) is 42.5 Å². The molecular formula is C21H22N2OS. The minimum absolute atomic E-state index is 0.250. The van der Waals surface area contributed by atoms with Crippen molar-refractivity contribution < 1.29 is 4.79 Å². The van der Waals surface area contributed by atoms with Gasteiger partial charge in [-0.2, -0.15) is 0 Å². The van der Waals surface area contributed by atoms with Gasteiger partial charge in [-0.25, -0.2) is 0 Å². The van der Waals surface area contributed by atoms with E-state index in [-0.39, 0.29) is 11.4 Å². The van der Waals surface area contributed by atoms with Crippen LogP contribution in [0.5, 0.6) is 0 Å². The van der Waals surface area contributed by atoms with Crippen LogP contribution in [0, 0.1) is 0 Å². The first kappa shape index (κ1) is 15.4. The van der Waals surface area contributed by atoms with E-state index in [1.807, 2.05) is 11.3 Å². The monoisotopic (exact) mass is 350 g/mol. The normalized spacial score (nSPS) is 24.4. The summed E-state index contributed by atoms with van der Waals surface area (Å²) in [5.41, 5.74) is 1.09. The van der Waals surface area contributed by atoms with Crippen LogP contribution in [0.4, 0.5) is 0 Å². The molecule has 1 N–H and O–H groups in total. The number of amides is 1. The zero-order valence-electron chi connectivity index (χ0n) is 14.3. The smallest absolute Gasteiger partial charge is 0.240 e. The fraction of sp³-hybridized carbons (Fsp3) is 0.381. The van der Waals surface area contributed by atoms with E-state index in [0.29, 0.717) is 0 Å². The average Bonchev–Trinajstić information content (AvgIpc) is 3.21. The summed E-state index contributed by atoms with van der Waals surface area (Å²) in [7, 11) is 0. The van der Waals surface area contributed by atoms with Gasteiger partial charge in [0.15, 0.2) is 0 Å². The number of rotatable bonds is 2. The van der Waals surface area contributed by atoms with E-state index in [0.717, 1.165) is 45.3 Å². The molecule has 5 rings (SSSR count). The lowest BCUT2D eigenvalue weighted by molar-refractivity contribution is -0.134. The van der Waals surface area contributed by atoms with Gasteiger partial charge in [-0.15, -0.1) is 11.3 Å². The van der Waals surface area contributed by atoms with Gasteiger partial charge in [-0.1, -0.05) is 36.4 Å². The molecule has 4 heteroatoms. The van der Waals surface area contributed by atoms with Crippen LogP contribution >= 0.6 is 11.3 Å². The van der Waals surface area contributed by atoms with Crippen LogP contribution in [0.2, 0.25) is 0 Å². The Bertz CT molecular complexity index is 963. The molecule has 0 radical (unpaired) electrons. The first-order valence-corrected chi connectivity index (χ1v) is 10.0. The standard InChI is InChI=1S/C21H22N2OS/c24-20-21(10-4-12-22-20)11-5-13-23(21)14-15-6-3-8-17-16-7-1-2-9-18(16)25-19(15)17/h1-3,6-9H,4-5,10-14H2,(H,22,24). The maximum Gasteiger partial charge on any atom is 0.240 e. The molecule has 0 bridgehead atoms. The number of carbonyl (C=O) groups excluding carboxylic acids is 1. The predicted molar refractivity (Wildman–Crippen MR) is 104 cm³/mol. The Hall–Kier alpha value is -1.91. The van der Waals surface area contributed by atoms with E-state index in [4.69, 9.17) is 0 Å². The molecule has 128 valence electrons. The predicted octanol–water partition coefficient (Wildman–Crippen LogP) is 4.30. The van der Waals surface area contributed by atoms with Gasteiger partial charge in [-0.05, 0) is 43.9 Å². The molecule has 25 heavy (non-hydrogen) atoms. The van der Waals surface area contributed by atoms with Gasteiger partial charge in [0.05, 0.1) is 0 Å². The number of piperidine rings is 1. The number of nitrogens with zero attached hydrogens (tertiary/aromatic N) is 1. The van der Waals surface area contributed by atoms with Crippen LogP contribution in [0.25, 0.3) is 20.2 Å². The van der Waals surface area contributed by atoms with Crippen LogP contribution in [-0.2, 0) is 11.3 Å². The van der Waals surface area contributed by atoms with Crippen molar-refractivity contribution in [1.82, 2.24) is 10.2 Å². The van der Waals surface area contributed by atoms with E-state index in [1.54, 1.807) is 0 Å². The van der Waals surface area contributed by atoms with E-state index in [1.165, 1.54) is 25.7 Å². The second kappa shape index (κ2) is 5.82. The molecule has 1 unspecified atom stereocenters. The first-order chi connectivity index (χ1) is 12.3. The van der Waals surface area contributed by atoms with Crippen LogP contribution in [0.1, 0.15) is 31.2 Å². The Morgan fingerprint density at radius 3 is 2.80 bits per heavy atom. The molecule has 1 aromatic heterocycles. The summed E-state index contributed by atoms with van der Waals surface area (Å²) in [6.07, 6.45) is 4.22. The molecular weight excluding hydrogens is 328 g/mol. The van der Waals surface area contributed by atoms with Gasteiger partial charge < -0.3 is 5.32 Å². The fourth-order valence-corrected chi connectivity index (χ4v) is 5.91. The van der Waals surface area contributed by atoms with Crippen LogP contribution in [0.3, 0.4) is 0 Å². The van der Waals surface area contributed by atoms with E-state index >= 15 is 0 Å². The molecule has 2 aromatic carbocycles. The summed E-state index contributed by atoms with van der Waals surface area (Å²) in [5.74, 6) is 0.250. The molecule has 2 aliphatic heterocycles. The number of hydrogen-bond acceptors (Lipinski definition) is 3. The quantitative estimate of drug-likeness (QED) is 0.747. The number of hydrogen-bond donors (Lipinski definition) is 1. The third kappa shape index (κ3) is 2.31. The Labute approximate surface area is 151 Å². The molecule has 0 aliphatic carbocycles. The third-order valence-corrected chi connectivity index (χ3v) is 7.21. The molecule has 0 saturated carbocycles. The van der Waals surface area contributed by atoms with E-state index < -0.39 is 0 Å². The molecule has 3 aromatic rings. The zero-order valence-corrected chi connectivity index (χ0v) is 15.1. The zero-order chi connectivity index (χ0) is 16.9. The lowest BCUT2D eigenvalue weighted by atomic mass is 9.86. The van der Waals surface area contributed by atoms with Gasteiger partial charge in [0, 0.05) is 33.3 Å². The Balaban J connectivity index is 1.56. The van der Waals surface area contributed by atoms with Crippen LogP contribution < -0.4 is 5.32 Å². The van der Waals surface area contributed by atoms with Crippen molar-refractivity contribution in [2.24, 2.45) is 0 Å². The Kier molecular flexibility index (Phi) is 3.57. The highest BCUT2D eigenvalue weighted by atomic mass is 32.1. The summed E-state index contributed by atoms with van der Waals surface area (Å²) in [5, 5.41) is 5.80. The molecule has 1 atom stereocenters. The molecule has 1 spiro atoms. The van der Waals surface area contributed by atoms with Gasteiger partial charge in [-0.3, -0.25) is 9.69 Å². The summed E-state index contributed by atoms with van der Waals surface area (Å²) >= 11 is 1.88. The number of nitrogens with one attached hydrogen (secondary N) is 1. The van der Waals surface area contributed by atoms with Crippen molar-refractivity contribution >= 4 is 37.4 Å². The number of carbonyl (C=O) groups is 1. The van der Waals surface area contributed by atoms with Crippen LogP contribution in [-0.4, -0.2) is 29.4 Å². The van der Waals surface area contributed by atoms with Crippen molar-refractivity contribution in [1.29, 1.82) is 0 Å². The maximum atomic E-state index is 12.7. The van der Waals surface area contributed by atoms with E-state index in [9.17, 15) is 4.79 Å². The van der Waals surface area contributed by atoms with E-state index in [2.05, 4.69) is 52.7 Å². The molecule has 2 aliphatic rings. The second-order valence-electron chi connectivity index (χ2n) is 7.31. The lowest BCUT2D eigenvalue weighted by Gasteiger charge is -2.40. The molecule has 3 nitrogen and oxygen atoms in total. The SMILES string of the molecule is O=C1NCCCC12CCCN2Cc1cccc2c1sc1ccccc12.